The second-order valence-corrected chi connectivity index (χ2v) is 5.43. The van der Waals surface area contributed by atoms with Crippen molar-refractivity contribution < 1.29 is 9.53 Å². The molecule has 2 aromatic rings. The normalized spacial score (nSPS) is 10.7. The van der Waals surface area contributed by atoms with E-state index in [1.165, 1.54) is 6.21 Å². The van der Waals surface area contributed by atoms with Gasteiger partial charge in [0.25, 0.3) is 5.91 Å². The maximum atomic E-state index is 11.6. The highest BCUT2D eigenvalue weighted by Crippen LogP contribution is 2.22. The second kappa shape index (κ2) is 8.03. The second-order valence-electron chi connectivity index (χ2n) is 4.18. The molecule has 0 saturated carbocycles. The summed E-state index contributed by atoms with van der Waals surface area (Å²) < 4.78 is 5.28. The summed E-state index contributed by atoms with van der Waals surface area (Å²) in [4.78, 5) is 11.6. The SMILES string of the molecule is O=C(COc1ccccc1Cl)N/N=C/c1ccc(Cl)cc1Cl. The van der Waals surface area contributed by atoms with Crippen molar-refractivity contribution in [2.75, 3.05) is 6.61 Å². The maximum Gasteiger partial charge on any atom is 0.277 e. The van der Waals surface area contributed by atoms with Crippen molar-refractivity contribution >= 4 is 46.9 Å². The van der Waals surface area contributed by atoms with Crippen molar-refractivity contribution in [1.82, 2.24) is 5.43 Å². The summed E-state index contributed by atoms with van der Waals surface area (Å²) in [6.45, 7) is -0.199. The van der Waals surface area contributed by atoms with Gasteiger partial charge in [0.1, 0.15) is 5.75 Å². The van der Waals surface area contributed by atoms with E-state index in [2.05, 4.69) is 10.5 Å². The molecule has 2 aromatic carbocycles. The number of nitrogens with one attached hydrogen (secondary N) is 1. The highest BCUT2D eigenvalue weighted by atomic mass is 35.5. The van der Waals surface area contributed by atoms with E-state index in [-0.39, 0.29) is 6.61 Å². The van der Waals surface area contributed by atoms with Crippen LogP contribution in [0.15, 0.2) is 47.6 Å². The highest BCUT2D eigenvalue weighted by Gasteiger charge is 2.04. The molecule has 0 heterocycles. The number of nitrogens with zero attached hydrogens (tertiary/aromatic N) is 1. The number of carbonyl (C=O) groups excluding carboxylic acids is 1. The number of halogens is 3. The van der Waals surface area contributed by atoms with Crippen molar-refractivity contribution in [2.45, 2.75) is 0 Å². The van der Waals surface area contributed by atoms with Crippen molar-refractivity contribution in [3.8, 4) is 5.75 Å². The van der Waals surface area contributed by atoms with Gasteiger partial charge in [0.15, 0.2) is 6.61 Å². The number of benzene rings is 2. The Kier molecular flexibility index (Phi) is 6.07. The third kappa shape index (κ3) is 4.91. The van der Waals surface area contributed by atoms with Crippen LogP contribution in [-0.2, 0) is 4.79 Å². The molecule has 0 aliphatic carbocycles. The van der Waals surface area contributed by atoms with E-state index >= 15 is 0 Å². The molecule has 0 radical (unpaired) electrons. The lowest BCUT2D eigenvalue weighted by Crippen LogP contribution is -2.24. The molecule has 0 saturated heterocycles. The Bertz CT molecular complexity index is 705. The molecule has 0 aliphatic heterocycles. The molecule has 0 unspecified atom stereocenters. The van der Waals surface area contributed by atoms with Gasteiger partial charge in [-0.25, -0.2) is 5.43 Å². The first kappa shape index (κ1) is 16.6. The summed E-state index contributed by atoms with van der Waals surface area (Å²) in [6.07, 6.45) is 1.42. The van der Waals surface area contributed by atoms with E-state index in [1.807, 2.05) is 0 Å². The van der Waals surface area contributed by atoms with E-state index in [0.29, 0.717) is 26.4 Å². The molecule has 1 N–H and O–H groups in total. The summed E-state index contributed by atoms with van der Waals surface area (Å²) in [6, 6.07) is 11.8. The van der Waals surface area contributed by atoms with E-state index in [9.17, 15) is 4.79 Å². The Morgan fingerprint density at radius 2 is 1.91 bits per heavy atom. The first-order valence-corrected chi connectivity index (χ1v) is 7.34. The molecule has 22 heavy (non-hydrogen) atoms. The molecule has 4 nitrogen and oxygen atoms in total. The summed E-state index contributed by atoms with van der Waals surface area (Å²) in [5, 5.41) is 5.21. The average molecular weight is 358 g/mol. The monoisotopic (exact) mass is 356 g/mol. The van der Waals surface area contributed by atoms with Crippen LogP contribution in [0.4, 0.5) is 0 Å². The first-order valence-electron chi connectivity index (χ1n) is 6.20. The predicted octanol–water partition coefficient (Wildman–Crippen LogP) is 4.18. The molecule has 2 rings (SSSR count). The standard InChI is InChI=1S/C15H11Cl3N2O2/c16-11-6-5-10(13(18)7-11)8-19-20-15(21)9-22-14-4-2-1-3-12(14)17/h1-8H,9H2,(H,20,21)/b19-8+. The van der Waals surface area contributed by atoms with Crippen LogP contribution in [0.5, 0.6) is 5.75 Å². The lowest BCUT2D eigenvalue weighted by molar-refractivity contribution is -0.123. The highest BCUT2D eigenvalue weighted by molar-refractivity contribution is 6.36. The van der Waals surface area contributed by atoms with E-state index in [4.69, 9.17) is 39.5 Å². The summed E-state index contributed by atoms with van der Waals surface area (Å²) >= 11 is 17.7. The van der Waals surface area contributed by atoms with Gasteiger partial charge < -0.3 is 4.74 Å². The number of carbonyl (C=O) groups is 1. The maximum absolute atomic E-state index is 11.6. The van der Waals surface area contributed by atoms with Crippen LogP contribution in [-0.4, -0.2) is 18.7 Å². The number of rotatable bonds is 5. The molecule has 0 fully saturated rings. The van der Waals surface area contributed by atoms with Gasteiger partial charge >= 0.3 is 0 Å². The van der Waals surface area contributed by atoms with Crippen molar-refractivity contribution in [3.63, 3.8) is 0 Å². The Hall–Kier alpha value is -1.75. The van der Waals surface area contributed by atoms with Gasteiger partial charge in [-0.15, -0.1) is 0 Å². The molecule has 0 aromatic heterocycles. The number of hydrogen-bond acceptors (Lipinski definition) is 3. The topological polar surface area (TPSA) is 50.7 Å². The third-order valence-electron chi connectivity index (χ3n) is 2.55. The largest absolute Gasteiger partial charge is 0.482 e. The Morgan fingerprint density at radius 1 is 1.14 bits per heavy atom. The molecule has 0 aliphatic rings. The van der Waals surface area contributed by atoms with Crippen LogP contribution in [0.25, 0.3) is 0 Å². The van der Waals surface area contributed by atoms with Gasteiger partial charge in [-0.2, -0.15) is 5.10 Å². The van der Waals surface area contributed by atoms with Crippen LogP contribution in [0.1, 0.15) is 5.56 Å². The molecule has 7 heteroatoms. The fourth-order valence-electron chi connectivity index (χ4n) is 1.52. The number of hydrazone groups is 1. The van der Waals surface area contributed by atoms with Crippen molar-refractivity contribution in [2.24, 2.45) is 5.10 Å². The fraction of sp³-hybridized carbons (Fsp3) is 0.0667. The van der Waals surface area contributed by atoms with Crippen molar-refractivity contribution in [3.05, 3.63) is 63.1 Å². The molecule has 1 amide bonds. The van der Waals surface area contributed by atoms with Crippen LogP contribution in [0.2, 0.25) is 15.1 Å². The van der Waals surface area contributed by atoms with Gasteiger partial charge in [-0.05, 0) is 24.3 Å². The van der Waals surface area contributed by atoms with E-state index < -0.39 is 5.91 Å². The van der Waals surface area contributed by atoms with Gasteiger partial charge in [0, 0.05) is 10.6 Å². The molecule has 0 spiro atoms. The minimum atomic E-state index is -0.416. The zero-order valence-electron chi connectivity index (χ0n) is 11.2. The lowest BCUT2D eigenvalue weighted by atomic mass is 10.2. The molecular formula is C15H11Cl3N2O2. The summed E-state index contributed by atoms with van der Waals surface area (Å²) in [5.41, 5.74) is 2.97. The van der Waals surface area contributed by atoms with Gasteiger partial charge in [-0.3, -0.25) is 4.79 Å². The number of para-hydroxylation sites is 1. The van der Waals surface area contributed by atoms with Crippen LogP contribution in [0, 0.1) is 0 Å². The van der Waals surface area contributed by atoms with E-state index in [1.54, 1.807) is 42.5 Å². The fourth-order valence-corrected chi connectivity index (χ4v) is 2.16. The van der Waals surface area contributed by atoms with Crippen LogP contribution in [0.3, 0.4) is 0 Å². The lowest BCUT2D eigenvalue weighted by Gasteiger charge is -2.06. The van der Waals surface area contributed by atoms with Crippen LogP contribution >= 0.6 is 34.8 Å². The van der Waals surface area contributed by atoms with Crippen LogP contribution < -0.4 is 10.2 Å². The smallest absolute Gasteiger partial charge is 0.277 e. The van der Waals surface area contributed by atoms with Gasteiger partial charge in [0.2, 0.25) is 0 Å². The minimum absolute atomic E-state index is 0.199. The average Bonchev–Trinajstić information content (AvgIpc) is 2.49. The number of ether oxygens (including phenoxy) is 1. The van der Waals surface area contributed by atoms with Gasteiger partial charge in [-0.1, -0.05) is 53.0 Å². The van der Waals surface area contributed by atoms with Gasteiger partial charge in [0.05, 0.1) is 16.3 Å². The third-order valence-corrected chi connectivity index (χ3v) is 3.43. The number of amides is 1. The van der Waals surface area contributed by atoms with Crippen molar-refractivity contribution in [1.29, 1.82) is 0 Å². The zero-order valence-corrected chi connectivity index (χ0v) is 13.5. The zero-order chi connectivity index (χ0) is 15.9. The summed E-state index contributed by atoms with van der Waals surface area (Å²) in [5.74, 6) is 0.0188. The number of hydrogen-bond donors (Lipinski definition) is 1. The quantitative estimate of drug-likeness (QED) is 0.645. The minimum Gasteiger partial charge on any atom is -0.482 e. The Labute approximate surface area is 142 Å². The predicted molar refractivity (Wildman–Crippen MR) is 89.1 cm³/mol. The molecule has 0 bridgehead atoms. The molecule has 114 valence electrons. The Morgan fingerprint density at radius 3 is 2.64 bits per heavy atom. The van der Waals surface area contributed by atoms with E-state index in [0.717, 1.165) is 0 Å². The first-order chi connectivity index (χ1) is 10.6. The Balaban J connectivity index is 1.85. The molecular weight excluding hydrogens is 347 g/mol. The molecule has 0 atom stereocenters. The summed E-state index contributed by atoms with van der Waals surface area (Å²) in [7, 11) is 0.